The zero-order valence-corrected chi connectivity index (χ0v) is 12.5. The molecule has 0 atom stereocenters. The van der Waals surface area contributed by atoms with Gasteiger partial charge in [0, 0.05) is 36.5 Å². The molecule has 0 amide bonds. The highest BCUT2D eigenvalue weighted by Gasteiger charge is 2.21. The van der Waals surface area contributed by atoms with Crippen LogP contribution in [0.4, 0.5) is 11.6 Å². The average Bonchev–Trinajstić information content (AvgIpc) is 3.09. The van der Waals surface area contributed by atoms with Gasteiger partial charge in [0.2, 0.25) is 5.95 Å². The van der Waals surface area contributed by atoms with Gasteiger partial charge in [-0.1, -0.05) is 12.8 Å². The number of anilines is 2. The summed E-state index contributed by atoms with van der Waals surface area (Å²) in [6.07, 6.45) is 10.9. The predicted molar refractivity (Wildman–Crippen MR) is 86.6 cm³/mol. The molecule has 1 saturated carbocycles. The first-order chi connectivity index (χ1) is 11.3. The van der Waals surface area contributed by atoms with Gasteiger partial charge >= 0.3 is 5.69 Å². The normalized spacial score (nSPS) is 15.1. The molecule has 3 heterocycles. The molecule has 0 aromatic carbocycles. The quantitative estimate of drug-likeness (QED) is 0.800. The van der Waals surface area contributed by atoms with Crippen LogP contribution >= 0.6 is 0 Å². The molecule has 0 spiro atoms. The molecular weight excluding hydrogens is 292 g/mol. The van der Waals surface area contributed by atoms with E-state index in [1.807, 2.05) is 12.1 Å². The minimum atomic E-state index is -0.238. The number of nitrogens with zero attached hydrogens (tertiary/aromatic N) is 5. The zero-order chi connectivity index (χ0) is 15.6. The summed E-state index contributed by atoms with van der Waals surface area (Å²) in [5, 5.41) is 3.91. The Morgan fingerprint density at radius 2 is 1.83 bits per heavy atom. The van der Waals surface area contributed by atoms with E-state index < -0.39 is 0 Å². The van der Waals surface area contributed by atoms with E-state index in [9.17, 15) is 4.79 Å². The Hall–Kier alpha value is -2.83. The van der Waals surface area contributed by atoms with Crippen LogP contribution in [0.5, 0.6) is 0 Å². The van der Waals surface area contributed by atoms with Crippen molar-refractivity contribution in [3.8, 4) is 0 Å². The lowest BCUT2D eigenvalue weighted by Gasteiger charge is -2.15. The highest BCUT2D eigenvalue weighted by atomic mass is 16.1. The van der Waals surface area contributed by atoms with E-state index in [1.165, 1.54) is 0 Å². The molecular formula is C16H16N6O. The molecule has 1 aliphatic rings. The zero-order valence-electron chi connectivity index (χ0n) is 12.5. The van der Waals surface area contributed by atoms with Crippen LogP contribution in [-0.4, -0.2) is 24.5 Å². The van der Waals surface area contributed by atoms with Crippen molar-refractivity contribution in [3.05, 3.63) is 47.4 Å². The summed E-state index contributed by atoms with van der Waals surface area (Å²) >= 11 is 0. The van der Waals surface area contributed by atoms with Gasteiger partial charge in [0.25, 0.3) is 0 Å². The number of rotatable bonds is 3. The fourth-order valence-corrected chi connectivity index (χ4v) is 3.06. The van der Waals surface area contributed by atoms with E-state index in [0.29, 0.717) is 11.6 Å². The van der Waals surface area contributed by atoms with E-state index >= 15 is 0 Å². The molecule has 0 bridgehead atoms. The number of nitrogens with one attached hydrogen (secondary N) is 1. The van der Waals surface area contributed by atoms with Crippen LogP contribution < -0.4 is 11.0 Å². The van der Waals surface area contributed by atoms with Crippen molar-refractivity contribution in [2.24, 2.45) is 0 Å². The molecule has 1 fully saturated rings. The van der Waals surface area contributed by atoms with Crippen LogP contribution in [0.1, 0.15) is 31.7 Å². The van der Waals surface area contributed by atoms with E-state index in [0.717, 1.165) is 36.8 Å². The summed E-state index contributed by atoms with van der Waals surface area (Å²) in [5.74, 6) is 0.459. The molecule has 7 nitrogen and oxygen atoms in total. The first-order valence-corrected chi connectivity index (χ1v) is 7.72. The highest BCUT2D eigenvalue weighted by Crippen LogP contribution is 2.30. The minimum Gasteiger partial charge on any atom is -0.324 e. The molecule has 0 aliphatic heterocycles. The predicted octanol–water partition coefficient (Wildman–Crippen LogP) is 2.44. The first-order valence-electron chi connectivity index (χ1n) is 7.72. The summed E-state index contributed by atoms with van der Waals surface area (Å²) < 4.78 is 1.72. The largest absolute Gasteiger partial charge is 0.349 e. The Balaban J connectivity index is 1.80. The number of fused-ring (bicyclic) bond motifs is 1. The highest BCUT2D eigenvalue weighted by molar-refractivity contribution is 5.74. The molecule has 23 heavy (non-hydrogen) atoms. The summed E-state index contributed by atoms with van der Waals surface area (Å²) in [4.78, 5) is 29.1. The van der Waals surface area contributed by atoms with Gasteiger partial charge in [-0.15, -0.1) is 0 Å². The third kappa shape index (κ3) is 2.65. The lowest BCUT2D eigenvalue weighted by molar-refractivity contribution is 0.506. The Morgan fingerprint density at radius 3 is 2.61 bits per heavy atom. The van der Waals surface area contributed by atoms with Gasteiger partial charge in [-0.3, -0.25) is 9.55 Å². The summed E-state index contributed by atoms with van der Waals surface area (Å²) in [6.45, 7) is 0. The molecule has 116 valence electrons. The van der Waals surface area contributed by atoms with Gasteiger partial charge in [-0.05, 0) is 25.0 Å². The van der Waals surface area contributed by atoms with E-state index in [-0.39, 0.29) is 11.7 Å². The van der Waals surface area contributed by atoms with Crippen LogP contribution in [0.2, 0.25) is 0 Å². The second kappa shape index (κ2) is 5.75. The average molecular weight is 308 g/mol. The standard InChI is InChI=1S/C16H16N6O/c23-16-19-10-11-9-18-15(20-12-5-7-17-8-6-12)21-14(11)22(16)13-3-1-2-4-13/h5-10,13H,1-4H2,(H,17,18,20,21). The lowest BCUT2D eigenvalue weighted by Crippen LogP contribution is -2.26. The van der Waals surface area contributed by atoms with Crippen molar-refractivity contribution >= 4 is 22.7 Å². The number of hydrogen-bond acceptors (Lipinski definition) is 6. The monoisotopic (exact) mass is 308 g/mol. The van der Waals surface area contributed by atoms with Crippen LogP contribution in [0.25, 0.3) is 11.0 Å². The molecule has 0 radical (unpaired) electrons. The maximum atomic E-state index is 12.3. The molecule has 0 unspecified atom stereocenters. The number of pyridine rings is 1. The van der Waals surface area contributed by atoms with E-state index in [4.69, 9.17) is 0 Å². The van der Waals surface area contributed by atoms with Gasteiger partial charge in [0.15, 0.2) is 5.65 Å². The molecule has 0 saturated heterocycles. The SMILES string of the molecule is O=c1ncc2cnc(Nc3ccncc3)nc2n1C1CCCC1. The van der Waals surface area contributed by atoms with Crippen LogP contribution in [0.3, 0.4) is 0 Å². The van der Waals surface area contributed by atoms with Crippen molar-refractivity contribution in [1.82, 2.24) is 24.5 Å². The fourth-order valence-electron chi connectivity index (χ4n) is 3.06. The van der Waals surface area contributed by atoms with Crippen molar-refractivity contribution in [2.75, 3.05) is 5.32 Å². The first kappa shape index (κ1) is 13.8. The summed E-state index contributed by atoms with van der Waals surface area (Å²) in [6, 6.07) is 3.86. The second-order valence-corrected chi connectivity index (χ2v) is 5.68. The van der Waals surface area contributed by atoms with E-state index in [1.54, 1.807) is 29.4 Å². The van der Waals surface area contributed by atoms with Gasteiger partial charge in [0.05, 0.1) is 5.39 Å². The molecule has 3 aromatic heterocycles. The molecule has 1 aliphatic carbocycles. The molecule has 4 rings (SSSR count). The van der Waals surface area contributed by atoms with Crippen LogP contribution in [0, 0.1) is 0 Å². The van der Waals surface area contributed by atoms with Crippen molar-refractivity contribution in [2.45, 2.75) is 31.7 Å². The van der Waals surface area contributed by atoms with Crippen LogP contribution in [0.15, 0.2) is 41.7 Å². The maximum Gasteiger partial charge on any atom is 0.349 e. The summed E-state index contributed by atoms with van der Waals surface area (Å²) in [5.41, 5.74) is 1.25. The Bertz CT molecular complexity index is 886. The minimum absolute atomic E-state index is 0.183. The van der Waals surface area contributed by atoms with Crippen LogP contribution in [-0.2, 0) is 0 Å². The Labute approximate surface area is 132 Å². The van der Waals surface area contributed by atoms with Gasteiger partial charge in [0.1, 0.15) is 0 Å². The topological polar surface area (TPSA) is 85.6 Å². The number of aromatic nitrogens is 5. The lowest BCUT2D eigenvalue weighted by atomic mass is 10.2. The number of hydrogen-bond donors (Lipinski definition) is 1. The van der Waals surface area contributed by atoms with Crippen molar-refractivity contribution < 1.29 is 0 Å². The Kier molecular flexibility index (Phi) is 3.45. The van der Waals surface area contributed by atoms with Gasteiger partial charge < -0.3 is 5.32 Å². The van der Waals surface area contributed by atoms with Gasteiger partial charge in [-0.2, -0.15) is 4.98 Å². The van der Waals surface area contributed by atoms with Crippen molar-refractivity contribution in [3.63, 3.8) is 0 Å². The maximum absolute atomic E-state index is 12.3. The second-order valence-electron chi connectivity index (χ2n) is 5.68. The van der Waals surface area contributed by atoms with E-state index in [2.05, 4.69) is 25.3 Å². The smallest absolute Gasteiger partial charge is 0.324 e. The van der Waals surface area contributed by atoms with Crippen molar-refractivity contribution in [1.29, 1.82) is 0 Å². The summed E-state index contributed by atoms with van der Waals surface area (Å²) in [7, 11) is 0. The van der Waals surface area contributed by atoms with Gasteiger partial charge in [-0.25, -0.2) is 14.8 Å². The third-order valence-electron chi connectivity index (χ3n) is 4.17. The molecule has 1 N–H and O–H groups in total. The molecule has 7 heteroatoms. The Morgan fingerprint density at radius 1 is 1.09 bits per heavy atom. The molecule has 3 aromatic rings. The third-order valence-corrected chi connectivity index (χ3v) is 4.17. The fraction of sp³-hybridized carbons (Fsp3) is 0.312.